The van der Waals surface area contributed by atoms with Crippen molar-refractivity contribution in [3.8, 4) is 0 Å². The molecule has 1 unspecified atom stereocenters. The van der Waals surface area contributed by atoms with E-state index in [1.807, 2.05) is 11.9 Å². The molecule has 0 aliphatic carbocycles. The highest BCUT2D eigenvalue weighted by molar-refractivity contribution is 5.86. The smallest absolute Gasteiger partial charge is 0.356 e. The molecule has 1 aromatic heterocycles. The minimum atomic E-state index is -1.01. The van der Waals surface area contributed by atoms with Crippen molar-refractivity contribution in [3.63, 3.8) is 0 Å². The van der Waals surface area contributed by atoms with E-state index < -0.39 is 5.97 Å². The van der Waals surface area contributed by atoms with Crippen LogP contribution in [0.4, 0.5) is 5.82 Å². The van der Waals surface area contributed by atoms with Crippen LogP contribution < -0.4 is 10.6 Å². The molecule has 76 valence electrons. The third kappa shape index (κ3) is 1.33. The zero-order valence-corrected chi connectivity index (χ0v) is 7.84. The monoisotopic (exact) mass is 196 g/mol. The topological polar surface area (TPSA) is 84.4 Å². The number of nitrogens with two attached hydrogens (primary N) is 1. The summed E-state index contributed by atoms with van der Waals surface area (Å²) < 4.78 is 1.64. The Bertz CT molecular complexity index is 373. The van der Waals surface area contributed by atoms with Crippen molar-refractivity contribution in [3.05, 3.63) is 11.8 Å². The lowest BCUT2D eigenvalue weighted by Gasteiger charge is -2.29. The van der Waals surface area contributed by atoms with E-state index in [1.54, 1.807) is 10.7 Å². The molecular weight excluding hydrogens is 184 g/mol. The first-order valence-electron chi connectivity index (χ1n) is 4.36. The van der Waals surface area contributed by atoms with Gasteiger partial charge in [-0.3, -0.25) is 0 Å². The van der Waals surface area contributed by atoms with Crippen LogP contribution in [0.5, 0.6) is 0 Å². The van der Waals surface area contributed by atoms with Crippen molar-refractivity contribution < 1.29 is 9.90 Å². The van der Waals surface area contributed by atoms with Crippen molar-refractivity contribution in [1.29, 1.82) is 0 Å². The maximum atomic E-state index is 10.7. The average molecular weight is 196 g/mol. The number of hydrogen-bond acceptors (Lipinski definition) is 4. The molecule has 0 fully saturated rings. The van der Waals surface area contributed by atoms with E-state index in [2.05, 4.69) is 5.10 Å². The molecule has 1 aromatic rings. The van der Waals surface area contributed by atoms with Gasteiger partial charge < -0.3 is 15.7 Å². The van der Waals surface area contributed by atoms with E-state index in [4.69, 9.17) is 10.8 Å². The fourth-order valence-electron chi connectivity index (χ4n) is 1.68. The van der Waals surface area contributed by atoms with E-state index in [1.165, 1.54) is 0 Å². The summed E-state index contributed by atoms with van der Waals surface area (Å²) in [5.74, 6) is -0.196. The Labute approximate surface area is 80.9 Å². The lowest BCUT2D eigenvalue weighted by atomic mass is 10.2. The summed E-state index contributed by atoms with van der Waals surface area (Å²) in [5, 5.41) is 12.7. The van der Waals surface area contributed by atoms with Gasteiger partial charge in [0, 0.05) is 25.7 Å². The quantitative estimate of drug-likeness (QED) is 0.624. The molecule has 3 N–H and O–H groups in total. The average Bonchev–Trinajstić information content (AvgIpc) is 2.47. The van der Waals surface area contributed by atoms with E-state index in [-0.39, 0.29) is 11.7 Å². The van der Waals surface area contributed by atoms with Crippen molar-refractivity contribution in [2.45, 2.75) is 12.6 Å². The molecule has 14 heavy (non-hydrogen) atoms. The van der Waals surface area contributed by atoms with Crippen LogP contribution in [0.3, 0.4) is 0 Å². The predicted octanol–water partition coefficient (Wildman–Crippen LogP) is -0.642. The van der Waals surface area contributed by atoms with Crippen LogP contribution in [0, 0.1) is 0 Å². The highest BCUT2D eigenvalue weighted by Gasteiger charge is 2.23. The summed E-state index contributed by atoms with van der Waals surface area (Å²) in [6, 6.07) is 1.57. The van der Waals surface area contributed by atoms with Gasteiger partial charge in [-0.05, 0) is 0 Å². The van der Waals surface area contributed by atoms with Crippen molar-refractivity contribution >= 4 is 11.8 Å². The lowest BCUT2D eigenvalue weighted by Crippen LogP contribution is -2.44. The van der Waals surface area contributed by atoms with Crippen LogP contribution in [-0.2, 0) is 6.54 Å². The fraction of sp³-hybridized carbons (Fsp3) is 0.500. The summed E-state index contributed by atoms with van der Waals surface area (Å²) in [6.45, 7) is 1.30. The third-order valence-corrected chi connectivity index (χ3v) is 2.28. The first-order chi connectivity index (χ1) is 6.58. The fourth-order valence-corrected chi connectivity index (χ4v) is 1.68. The van der Waals surface area contributed by atoms with Gasteiger partial charge in [-0.1, -0.05) is 0 Å². The number of likely N-dealkylation sites (N-methyl/N-ethyl adjacent to an activating group) is 1. The molecule has 1 aliphatic heterocycles. The second-order valence-corrected chi connectivity index (χ2v) is 3.52. The van der Waals surface area contributed by atoms with Gasteiger partial charge >= 0.3 is 5.97 Å². The number of hydrogen-bond donors (Lipinski definition) is 2. The largest absolute Gasteiger partial charge is 0.476 e. The molecule has 6 heteroatoms. The van der Waals surface area contributed by atoms with Crippen LogP contribution in [0.25, 0.3) is 0 Å². The van der Waals surface area contributed by atoms with E-state index >= 15 is 0 Å². The predicted molar refractivity (Wildman–Crippen MR) is 50.4 cm³/mol. The highest BCUT2D eigenvalue weighted by Crippen LogP contribution is 2.19. The zero-order chi connectivity index (χ0) is 10.3. The zero-order valence-electron chi connectivity index (χ0n) is 7.84. The van der Waals surface area contributed by atoms with E-state index in [0.717, 1.165) is 12.4 Å². The molecule has 1 aliphatic rings. The number of carboxylic acid groups (broad SMARTS) is 1. The number of nitrogens with zero attached hydrogens (tertiary/aromatic N) is 3. The first kappa shape index (κ1) is 9.01. The molecule has 0 saturated heterocycles. The Morgan fingerprint density at radius 2 is 2.43 bits per heavy atom. The molecule has 0 radical (unpaired) electrons. The van der Waals surface area contributed by atoms with Crippen LogP contribution >= 0.6 is 0 Å². The molecule has 0 amide bonds. The third-order valence-electron chi connectivity index (χ3n) is 2.28. The molecule has 0 aromatic carbocycles. The summed E-state index contributed by atoms with van der Waals surface area (Å²) in [5.41, 5.74) is 5.85. The van der Waals surface area contributed by atoms with E-state index in [9.17, 15) is 4.79 Å². The summed E-state index contributed by atoms with van der Waals surface area (Å²) in [4.78, 5) is 12.6. The van der Waals surface area contributed by atoms with Gasteiger partial charge in [-0.15, -0.1) is 0 Å². The second-order valence-electron chi connectivity index (χ2n) is 3.52. The minimum absolute atomic E-state index is 0.00837. The molecule has 0 bridgehead atoms. The van der Waals surface area contributed by atoms with Crippen molar-refractivity contribution in [2.75, 3.05) is 18.5 Å². The molecule has 1 atom stereocenters. The molecule has 6 nitrogen and oxygen atoms in total. The van der Waals surface area contributed by atoms with Gasteiger partial charge in [0.15, 0.2) is 5.69 Å². The first-order valence-corrected chi connectivity index (χ1v) is 4.36. The summed E-state index contributed by atoms with van der Waals surface area (Å²) >= 11 is 0. The van der Waals surface area contributed by atoms with Gasteiger partial charge in [0.2, 0.25) is 0 Å². The van der Waals surface area contributed by atoms with E-state index in [0.29, 0.717) is 6.54 Å². The van der Waals surface area contributed by atoms with Gasteiger partial charge in [-0.25, -0.2) is 9.48 Å². The van der Waals surface area contributed by atoms with Gasteiger partial charge in [0.25, 0.3) is 0 Å². The maximum Gasteiger partial charge on any atom is 0.356 e. The number of aromatic carboxylic acids is 1. The summed E-state index contributed by atoms with van der Waals surface area (Å²) in [7, 11) is 1.87. The number of rotatable bonds is 1. The van der Waals surface area contributed by atoms with Gasteiger partial charge in [0.05, 0.1) is 6.54 Å². The Morgan fingerprint density at radius 3 is 3.07 bits per heavy atom. The summed E-state index contributed by atoms with van der Waals surface area (Å²) in [6.07, 6.45) is 0. The van der Waals surface area contributed by atoms with Crippen molar-refractivity contribution in [2.24, 2.45) is 5.73 Å². The number of anilines is 1. The number of aromatic nitrogens is 2. The highest BCUT2D eigenvalue weighted by atomic mass is 16.4. The van der Waals surface area contributed by atoms with Gasteiger partial charge in [-0.2, -0.15) is 5.10 Å². The molecule has 2 rings (SSSR count). The second kappa shape index (κ2) is 2.98. The molecule has 2 heterocycles. The van der Waals surface area contributed by atoms with Crippen LogP contribution in [-0.4, -0.2) is 40.5 Å². The van der Waals surface area contributed by atoms with Crippen LogP contribution in [0.15, 0.2) is 6.07 Å². The van der Waals surface area contributed by atoms with Crippen LogP contribution in [0.1, 0.15) is 10.5 Å². The normalized spacial score (nSPS) is 20.7. The number of fused-ring (bicyclic) bond motifs is 1. The lowest BCUT2D eigenvalue weighted by molar-refractivity contribution is 0.0689. The standard InChI is InChI=1S/C8H12N4O2/c1-11-3-5(9)4-12-7(11)2-6(10-12)8(13)14/h2,5H,3-4,9H2,1H3,(H,13,14). The molecule has 0 saturated carbocycles. The number of carbonyl (C=O) groups is 1. The van der Waals surface area contributed by atoms with Gasteiger partial charge in [0.1, 0.15) is 5.82 Å². The molecular formula is C8H12N4O2. The van der Waals surface area contributed by atoms with Crippen LogP contribution in [0.2, 0.25) is 0 Å². The SMILES string of the molecule is CN1CC(N)Cn2nc(C(=O)O)cc21. The molecule has 0 spiro atoms. The Kier molecular flexibility index (Phi) is 1.92. The Balaban J connectivity index is 2.40. The van der Waals surface area contributed by atoms with Crippen molar-refractivity contribution in [1.82, 2.24) is 9.78 Å². The number of carboxylic acids is 1. The Hall–Kier alpha value is -1.56. The maximum absolute atomic E-state index is 10.7. The minimum Gasteiger partial charge on any atom is -0.476 e. The Morgan fingerprint density at radius 1 is 1.71 bits per heavy atom.